The molecule has 2 aliphatic heterocycles. The molecule has 0 aromatic heterocycles. The third-order valence-corrected chi connectivity index (χ3v) is 5.89. The molecule has 4 rings (SSSR count). The summed E-state index contributed by atoms with van der Waals surface area (Å²) >= 11 is 0. The molecule has 0 bridgehead atoms. The lowest BCUT2D eigenvalue weighted by Gasteiger charge is -2.32. The minimum Gasteiger partial charge on any atom is -0.497 e. The van der Waals surface area contributed by atoms with Crippen molar-refractivity contribution in [2.75, 3.05) is 33.3 Å². The van der Waals surface area contributed by atoms with Gasteiger partial charge in [0.2, 0.25) is 0 Å². The SMILES string of the molecule is COc1ccc(C(=O)N2CCCC2)c(OC2CCN(Cc3ccccc3)CC2)c1. The number of carbonyl (C=O) groups excluding carboxylic acids is 1. The van der Waals surface area contributed by atoms with Crippen molar-refractivity contribution in [1.82, 2.24) is 9.80 Å². The summed E-state index contributed by atoms with van der Waals surface area (Å²) in [6.07, 6.45) is 4.21. The van der Waals surface area contributed by atoms with Gasteiger partial charge in [0.1, 0.15) is 17.6 Å². The number of likely N-dealkylation sites (tertiary alicyclic amines) is 2. The van der Waals surface area contributed by atoms with E-state index >= 15 is 0 Å². The van der Waals surface area contributed by atoms with Crippen molar-refractivity contribution in [2.45, 2.75) is 38.3 Å². The Balaban J connectivity index is 1.40. The molecule has 29 heavy (non-hydrogen) atoms. The molecule has 0 radical (unpaired) electrons. The topological polar surface area (TPSA) is 42.0 Å². The molecule has 0 saturated carbocycles. The van der Waals surface area contributed by atoms with Crippen LogP contribution in [-0.2, 0) is 6.54 Å². The van der Waals surface area contributed by atoms with Crippen molar-refractivity contribution in [3.8, 4) is 11.5 Å². The molecule has 2 heterocycles. The highest BCUT2D eigenvalue weighted by Gasteiger charge is 2.26. The first-order valence-electron chi connectivity index (χ1n) is 10.6. The van der Waals surface area contributed by atoms with E-state index in [9.17, 15) is 4.79 Å². The fourth-order valence-electron chi connectivity index (χ4n) is 4.20. The van der Waals surface area contributed by atoms with Crippen molar-refractivity contribution in [3.63, 3.8) is 0 Å². The molecule has 2 aliphatic rings. The van der Waals surface area contributed by atoms with Gasteiger partial charge in [0.15, 0.2) is 0 Å². The van der Waals surface area contributed by atoms with Crippen LogP contribution in [0.3, 0.4) is 0 Å². The summed E-state index contributed by atoms with van der Waals surface area (Å²) < 4.78 is 11.7. The van der Waals surface area contributed by atoms with Gasteiger partial charge in [-0.05, 0) is 43.4 Å². The molecule has 0 spiro atoms. The number of hydrogen-bond acceptors (Lipinski definition) is 4. The van der Waals surface area contributed by atoms with E-state index in [0.717, 1.165) is 64.2 Å². The molecular formula is C24H30N2O3. The highest BCUT2D eigenvalue weighted by Crippen LogP contribution is 2.30. The van der Waals surface area contributed by atoms with Gasteiger partial charge < -0.3 is 14.4 Å². The molecule has 2 fully saturated rings. The second-order valence-electron chi connectivity index (χ2n) is 7.94. The monoisotopic (exact) mass is 394 g/mol. The Kier molecular flexibility index (Phi) is 6.35. The lowest BCUT2D eigenvalue weighted by Crippen LogP contribution is -2.38. The van der Waals surface area contributed by atoms with E-state index in [-0.39, 0.29) is 12.0 Å². The molecule has 0 atom stereocenters. The average Bonchev–Trinajstić information content (AvgIpc) is 3.30. The number of hydrogen-bond donors (Lipinski definition) is 0. The number of ether oxygens (including phenoxy) is 2. The molecule has 2 aromatic rings. The van der Waals surface area contributed by atoms with Gasteiger partial charge >= 0.3 is 0 Å². The second-order valence-corrected chi connectivity index (χ2v) is 7.94. The quantitative estimate of drug-likeness (QED) is 0.743. The third kappa shape index (κ3) is 4.91. The Morgan fingerprint density at radius 3 is 2.41 bits per heavy atom. The lowest BCUT2D eigenvalue weighted by molar-refractivity contribution is 0.0764. The zero-order valence-electron chi connectivity index (χ0n) is 17.2. The average molecular weight is 395 g/mol. The van der Waals surface area contributed by atoms with Gasteiger partial charge in [-0.2, -0.15) is 0 Å². The maximum atomic E-state index is 13.0. The van der Waals surface area contributed by atoms with Crippen LogP contribution in [0.5, 0.6) is 11.5 Å². The number of benzene rings is 2. The highest BCUT2D eigenvalue weighted by atomic mass is 16.5. The van der Waals surface area contributed by atoms with Gasteiger partial charge in [-0.15, -0.1) is 0 Å². The van der Waals surface area contributed by atoms with Crippen LogP contribution in [0.15, 0.2) is 48.5 Å². The first kappa shape index (κ1) is 19.8. The summed E-state index contributed by atoms with van der Waals surface area (Å²) in [6.45, 7) is 4.65. The molecule has 2 aromatic carbocycles. The fourth-order valence-corrected chi connectivity index (χ4v) is 4.20. The molecule has 0 N–H and O–H groups in total. The van der Waals surface area contributed by atoms with Gasteiger partial charge in [0.05, 0.1) is 12.7 Å². The Bertz CT molecular complexity index is 810. The van der Waals surface area contributed by atoms with Gasteiger partial charge in [0, 0.05) is 38.8 Å². The number of amides is 1. The molecular weight excluding hydrogens is 364 g/mol. The van der Waals surface area contributed by atoms with Gasteiger partial charge in [-0.1, -0.05) is 30.3 Å². The maximum absolute atomic E-state index is 13.0. The molecule has 1 amide bonds. The minimum atomic E-state index is 0.0710. The van der Waals surface area contributed by atoms with Crippen molar-refractivity contribution in [1.29, 1.82) is 0 Å². The molecule has 5 heteroatoms. The van der Waals surface area contributed by atoms with Crippen LogP contribution in [0.25, 0.3) is 0 Å². The van der Waals surface area contributed by atoms with Gasteiger partial charge in [-0.3, -0.25) is 9.69 Å². The number of piperidine rings is 1. The Morgan fingerprint density at radius 2 is 1.72 bits per heavy atom. The zero-order valence-corrected chi connectivity index (χ0v) is 17.2. The van der Waals surface area contributed by atoms with Crippen LogP contribution < -0.4 is 9.47 Å². The van der Waals surface area contributed by atoms with Crippen molar-refractivity contribution in [3.05, 3.63) is 59.7 Å². The number of methoxy groups -OCH3 is 1. The van der Waals surface area contributed by atoms with E-state index in [2.05, 4.69) is 35.2 Å². The lowest BCUT2D eigenvalue weighted by atomic mass is 10.1. The first-order valence-corrected chi connectivity index (χ1v) is 10.6. The van der Waals surface area contributed by atoms with Crippen LogP contribution in [0.4, 0.5) is 0 Å². The molecule has 154 valence electrons. The van der Waals surface area contributed by atoms with Crippen molar-refractivity contribution in [2.24, 2.45) is 0 Å². The Labute approximate surface area is 173 Å². The van der Waals surface area contributed by atoms with Gasteiger partial charge in [-0.25, -0.2) is 0 Å². The summed E-state index contributed by atoms with van der Waals surface area (Å²) in [7, 11) is 1.64. The van der Waals surface area contributed by atoms with Gasteiger partial charge in [0.25, 0.3) is 5.91 Å². The minimum absolute atomic E-state index is 0.0710. The zero-order chi connectivity index (χ0) is 20.1. The number of nitrogens with zero attached hydrogens (tertiary/aromatic N) is 2. The van der Waals surface area contributed by atoms with E-state index in [1.54, 1.807) is 7.11 Å². The molecule has 5 nitrogen and oxygen atoms in total. The van der Waals surface area contributed by atoms with E-state index in [0.29, 0.717) is 11.3 Å². The van der Waals surface area contributed by atoms with Crippen LogP contribution in [0.2, 0.25) is 0 Å². The number of carbonyl (C=O) groups is 1. The molecule has 0 aliphatic carbocycles. The third-order valence-electron chi connectivity index (χ3n) is 5.89. The summed E-state index contributed by atoms with van der Waals surface area (Å²) in [5, 5.41) is 0. The predicted molar refractivity (Wildman–Crippen MR) is 114 cm³/mol. The summed E-state index contributed by atoms with van der Waals surface area (Å²) in [5.74, 6) is 1.45. The Morgan fingerprint density at radius 1 is 1.00 bits per heavy atom. The van der Waals surface area contributed by atoms with Crippen LogP contribution >= 0.6 is 0 Å². The van der Waals surface area contributed by atoms with Crippen molar-refractivity contribution >= 4 is 5.91 Å². The Hall–Kier alpha value is -2.53. The molecule has 2 saturated heterocycles. The van der Waals surface area contributed by atoms with E-state index in [4.69, 9.17) is 9.47 Å². The number of rotatable bonds is 6. The normalized spacial score (nSPS) is 18.0. The first-order chi connectivity index (χ1) is 14.2. The largest absolute Gasteiger partial charge is 0.497 e. The summed E-state index contributed by atoms with van der Waals surface area (Å²) in [6, 6.07) is 16.1. The van der Waals surface area contributed by atoms with Crippen LogP contribution in [0, 0.1) is 0 Å². The van der Waals surface area contributed by atoms with Crippen LogP contribution in [-0.4, -0.2) is 55.1 Å². The van der Waals surface area contributed by atoms with E-state index in [1.165, 1.54) is 5.56 Å². The van der Waals surface area contributed by atoms with Crippen LogP contribution in [0.1, 0.15) is 41.6 Å². The fraction of sp³-hybridized carbons (Fsp3) is 0.458. The molecule has 0 unspecified atom stereocenters. The predicted octanol–water partition coefficient (Wildman–Crippen LogP) is 3.97. The van der Waals surface area contributed by atoms with E-state index in [1.807, 2.05) is 23.1 Å². The van der Waals surface area contributed by atoms with E-state index < -0.39 is 0 Å². The smallest absolute Gasteiger partial charge is 0.257 e. The second kappa shape index (κ2) is 9.31. The summed E-state index contributed by atoms with van der Waals surface area (Å²) in [5.41, 5.74) is 2.00. The van der Waals surface area contributed by atoms with Crippen molar-refractivity contribution < 1.29 is 14.3 Å². The highest BCUT2D eigenvalue weighted by molar-refractivity contribution is 5.97. The standard InChI is InChI=1S/C24H30N2O3/c1-28-21-9-10-22(24(27)26-13-5-6-14-26)23(17-21)29-20-11-15-25(16-12-20)18-19-7-3-2-4-8-19/h2-4,7-10,17,20H,5-6,11-16,18H2,1H3. The maximum Gasteiger partial charge on any atom is 0.257 e. The summed E-state index contributed by atoms with van der Waals surface area (Å²) in [4.78, 5) is 17.4.